The molecule has 39 heavy (non-hydrogen) atoms. The summed E-state index contributed by atoms with van der Waals surface area (Å²) in [6, 6.07) is 9.15. The van der Waals surface area contributed by atoms with Crippen LogP contribution in [0.2, 0.25) is 0 Å². The van der Waals surface area contributed by atoms with Gasteiger partial charge in [0.25, 0.3) is 0 Å². The first-order chi connectivity index (χ1) is 18.4. The number of nitrogens with one attached hydrogen (secondary N) is 1. The van der Waals surface area contributed by atoms with Gasteiger partial charge in [0.15, 0.2) is 5.82 Å². The number of likely N-dealkylation sites (tertiary alicyclic amines) is 1. The predicted molar refractivity (Wildman–Crippen MR) is 158 cm³/mol. The van der Waals surface area contributed by atoms with Crippen LogP contribution < -0.4 is 15.2 Å². The molecule has 0 atom stereocenters. The molecule has 1 aliphatic heterocycles. The first kappa shape index (κ1) is 30.0. The van der Waals surface area contributed by atoms with Gasteiger partial charge in [-0.15, -0.1) is 0 Å². The highest BCUT2D eigenvalue weighted by atomic mass is 19.1. The molecule has 3 heterocycles. The van der Waals surface area contributed by atoms with Gasteiger partial charge in [0.2, 0.25) is 5.88 Å². The molecule has 0 saturated carbocycles. The second-order valence-corrected chi connectivity index (χ2v) is 10.4. The van der Waals surface area contributed by atoms with Crippen LogP contribution in [-0.4, -0.2) is 56.9 Å². The Bertz CT molecular complexity index is 1280. The molecule has 4 rings (SSSR count). The van der Waals surface area contributed by atoms with Crippen molar-refractivity contribution < 1.29 is 16.7 Å². The standard InChI is InChI=1S/C21H28FN5O.C9H13NO.2H2/c1-12(2)27-9-7-16(8-10-27)28-21-18(14(4)23)19(24)25-20(26-21)15-6-5-13(3)17(22)11-15;1-7(2)11-9-4-5-10-8(3)6-9;;/h5-6,11-12,16,23H,7-10H2,1-4H3,(H2,24,25,26);4-7H,1-3H3;2*1H. The molecule has 0 unspecified atom stereocenters. The van der Waals surface area contributed by atoms with Crippen LogP contribution >= 0.6 is 0 Å². The van der Waals surface area contributed by atoms with E-state index in [0.29, 0.717) is 34.4 Å². The van der Waals surface area contributed by atoms with Crippen molar-refractivity contribution in [2.75, 3.05) is 18.8 Å². The van der Waals surface area contributed by atoms with E-state index >= 15 is 0 Å². The Balaban J connectivity index is 0.000000548. The van der Waals surface area contributed by atoms with Crippen LogP contribution in [0, 0.1) is 25.1 Å². The number of ether oxygens (including phenoxy) is 2. The molecule has 3 N–H and O–H groups in total. The van der Waals surface area contributed by atoms with Crippen molar-refractivity contribution in [2.24, 2.45) is 0 Å². The monoisotopic (exact) mass is 540 g/mol. The molecule has 9 heteroatoms. The summed E-state index contributed by atoms with van der Waals surface area (Å²) in [4.78, 5) is 15.3. The van der Waals surface area contributed by atoms with Gasteiger partial charge in [-0.2, -0.15) is 4.98 Å². The number of hydrogen-bond acceptors (Lipinski definition) is 8. The number of piperidine rings is 1. The van der Waals surface area contributed by atoms with E-state index in [1.165, 1.54) is 6.07 Å². The first-order valence-electron chi connectivity index (χ1n) is 13.4. The number of benzene rings is 1. The summed E-state index contributed by atoms with van der Waals surface area (Å²) in [7, 11) is 0. The molecule has 2 aromatic heterocycles. The van der Waals surface area contributed by atoms with Crippen molar-refractivity contribution in [1.29, 1.82) is 5.41 Å². The molecule has 214 valence electrons. The van der Waals surface area contributed by atoms with Crippen LogP contribution in [0.1, 0.15) is 67.1 Å². The Labute approximate surface area is 234 Å². The number of halogens is 1. The third-order valence-corrected chi connectivity index (χ3v) is 6.43. The largest absolute Gasteiger partial charge is 0.491 e. The maximum Gasteiger partial charge on any atom is 0.228 e. The number of rotatable bonds is 7. The highest BCUT2D eigenvalue weighted by molar-refractivity contribution is 6.02. The highest BCUT2D eigenvalue weighted by Crippen LogP contribution is 2.29. The van der Waals surface area contributed by atoms with Gasteiger partial charge in [-0.1, -0.05) is 12.1 Å². The van der Waals surface area contributed by atoms with Crippen molar-refractivity contribution >= 4 is 11.5 Å². The smallest absolute Gasteiger partial charge is 0.228 e. The zero-order valence-corrected chi connectivity index (χ0v) is 24.1. The van der Waals surface area contributed by atoms with Crippen molar-refractivity contribution in [2.45, 2.75) is 79.6 Å². The molecule has 0 amide bonds. The molecule has 0 bridgehead atoms. The summed E-state index contributed by atoms with van der Waals surface area (Å²) in [5.74, 6) is 1.35. The average molecular weight is 541 g/mol. The summed E-state index contributed by atoms with van der Waals surface area (Å²) in [6.45, 7) is 15.6. The van der Waals surface area contributed by atoms with E-state index in [4.69, 9.17) is 20.6 Å². The molecular formula is C30H45FN6O2. The lowest BCUT2D eigenvalue weighted by atomic mass is 10.1. The van der Waals surface area contributed by atoms with Gasteiger partial charge in [-0.25, -0.2) is 9.37 Å². The zero-order chi connectivity index (χ0) is 28.7. The number of aryl methyl sites for hydroxylation is 2. The van der Waals surface area contributed by atoms with Gasteiger partial charge >= 0.3 is 0 Å². The van der Waals surface area contributed by atoms with Crippen molar-refractivity contribution in [3.63, 3.8) is 0 Å². The molecule has 1 saturated heterocycles. The molecule has 1 aliphatic rings. The van der Waals surface area contributed by atoms with Gasteiger partial charge < -0.3 is 25.5 Å². The van der Waals surface area contributed by atoms with Crippen LogP contribution in [0.5, 0.6) is 11.6 Å². The van der Waals surface area contributed by atoms with Crippen LogP contribution in [0.4, 0.5) is 10.2 Å². The maximum atomic E-state index is 14.0. The van der Waals surface area contributed by atoms with E-state index in [0.717, 1.165) is 37.4 Å². The van der Waals surface area contributed by atoms with Gasteiger partial charge in [-0.05, 0) is 79.0 Å². The number of nitrogen functional groups attached to an aromatic ring is 1. The van der Waals surface area contributed by atoms with Crippen LogP contribution in [0.15, 0.2) is 36.5 Å². The van der Waals surface area contributed by atoms with Crippen molar-refractivity contribution in [3.05, 3.63) is 59.2 Å². The second kappa shape index (κ2) is 13.5. The van der Waals surface area contributed by atoms with Gasteiger partial charge in [0, 0.05) is 51.2 Å². The Morgan fingerprint density at radius 3 is 2.36 bits per heavy atom. The summed E-state index contributed by atoms with van der Waals surface area (Å²) in [5.41, 5.74) is 8.84. The quantitative estimate of drug-likeness (QED) is 0.330. The maximum absolute atomic E-state index is 14.0. The van der Waals surface area contributed by atoms with Crippen molar-refractivity contribution in [1.82, 2.24) is 19.9 Å². The SMILES string of the molecule is CC(=N)c1c(N)nc(-c2ccc(C)c(F)c2)nc1OC1CCN(C(C)C)CC1.Cc1cc(OC(C)C)ccn1.[HH].[HH]. The Hall–Kier alpha value is -3.59. The van der Waals surface area contributed by atoms with Crippen molar-refractivity contribution in [3.8, 4) is 23.0 Å². The third kappa shape index (κ3) is 8.45. The number of pyridine rings is 1. The molecule has 1 aromatic carbocycles. The van der Waals surface area contributed by atoms with E-state index in [9.17, 15) is 4.39 Å². The fraction of sp³-hybridized carbons (Fsp3) is 0.467. The van der Waals surface area contributed by atoms with Crippen LogP contribution in [0.25, 0.3) is 11.4 Å². The van der Waals surface area contributed by atoms with E-state index in [1.807, 2.05) is 32.9 Å². The zero-order valence-electron chi connectivity index (χ0n) is 24.1. The number of nitrogens with zero attached hydrogens (tertiary/aromatic N) is 4. The fourth-order valence-corrected chi connectivity index (χ4v) is 4.29. The minimum atomic E-state index is -0.324. The van der Waals surface area contributed by atoms with E-state index in [-0.39, 0.29) is 32.4 Å². The molecule has 3 aromatic rings. The second-order valence-electron chi connectivity index (χ2n) is 10.4. The Morgan fingerprint density at radius 2 is 1.79 bits per heavy atom. The first-order valence-corrected chi connectivity index (χ1v) is 13.4. The minimum Gasteiger partial charge on any atom is -0.491 e. The Morgan fingerprint density at radius 1 is 1.10 bits per heavy atom. The summed E-state index contributed by atoms with van der Waals surface area (Å²) in [5, 5.41) is 8.05. The van der Waals surface area contributed by atoms with Crippen LogP contribution in [0.3, 0.4) is 0 Å². The van der Waals surface area contributed by atoms with E-state index < -0.39 is 0 Å². The summed E-state index contributed by atoms with van der Waals surface area (Å²) in [6.07, 6.45) is 3.76. The van der Waals surface area contributed by atoms with Gasteiger partial charge in [0.1, 0.15) is 23.5 Å². The molecule has 0 radical (unpaired) electrons. The summed E-state index contributed by atoms with van der Waals surface area (Å²) >= 11 is 0. The van der Waals surface area contributed by atoms with Gasteiger partial charge in [-0.3, -0.25) is 4.98 Å². The van der Waals surface area contributed by atoms with E-state index in [2.05, 4.69) is 33.7 Å². The molecule has 0 spiro atoms. The minimum absolute atomic E-state index is 0. The predicted octanol–water partition coefficient (Wildman–Crippen LogP) is 6.48. The lowest BCUT2D eigenvalue weighted by Crippen LogP contribution is -2.42. The number of aromatic nitrogens is 3. The summed E-state index contributed by atoms with van der Waals surface area (Å²) < 4.78 is 25.6. The van der Waals surface area contributed by atoms with Gasteiger partial charge in [0.05, 0.1) is 11.7 Å². The Kier molecular flexibility index (Phi) is 10.3. The third-order valence-electron chi connectivity index (χ3n) is 6.43. The van der Waals surface area contributed by atoms with Crippen LogP contribution in [-0.2, 0) is 0 Å². The molecular weight excluding hydrogens is 495 g/mol. The average Bonchev–Trinajstić information content (AvgIpc) is 2.85. The topological polar surface area (TPSA) is 110 Å². The number of hydrogen-bond donors (Lipinski definition) is 2. The molecule has 8 nitrogen and oxygen atoms in total. The fourth-order valence-electron chi connectivity index (χ4n) is 4.29. The number of anilines is 1. The van der Waals surface area contributed by atoms with E-state index in [1.54, 1.807) is 32.2 Å². The molecule has 0 aliphatic carbocycles. The normalized spacial score (nSPS) is 14.2. The lowest BCUT2D eigenvalue weighted by molar-refractivity contribution is 0.0812. The molecule has 1 fully saturated rings. The lowest BCUT2D eigenvalue weighted by Gasteiger charge is -2.34. The highest BCUT2D eigenvalue weighted by Gasteiger charge is 2.25. The number of nitrogens with two attached hydrogens (primary N) is 1.